The average Bonchev–Trinajstić information content (AvgIpc) is 4.11. The third kappa shape index (κ3) is 5.48. The molecular weight excluding hydrogens is 873 g/mol. The van der Waals surface area contributed by atoms with Gasteiger partial charge in [-0.15, -0.1) is 0 Å². The molecule has 6 N–H and O–H groups in total. The SMILES string of the molecule is O=C(O)C1Oc2c(-c3c4nc(c(-c5cccc6c5OC6C(=O)O)c5ccc([nH]5)c(-c5cccc6c5OC6C(=O)O)c5nc(c(-c6cccc7c6OC7C(=O)O)c6ccc3[nH]6)C=C5)C=C4)cccc21. The van der Waals surface area contributed by atoms with Crippen molar-refractivity contribution in [3.8, 4) is 67.5 Å². The molecule has 8 bridgehead atoms. The quantitative estimate of drug-likeness (QED) is 0.0832. The van der Waals surface area contributed by atoms with Gasteiger partial charge in [0.25, 0.3) is 0 Å². The maximum Gasteiger partial charge on any atom is 0.349 e. The number of nitrogens with one attached hydrogen (secondary N) is 2. The lowest BCUT2D eigenvalue weighted by atomic mass is 9.93. The Balaban J connectivity index is 1.17. The Morgan fingerprint density at radius 3 is 0.824 bits per heavy atom. The van der Waals surface area contributed by atoms with Crippen LogP contribution < -0.4 is 18.9 Å². The highest BCUT2D eigenvalue weighted by molar-refractivity contribution is 6.03. The number of aliphatic carboxylic acids is 4. The molecule has 6 aliphatic rings. The van der Waals surface area contributed by atoms with Crippen LogP contribution in [-0.2, 0) is 19.2 Å². The second-order valence-corrected chi connectivity index (χ2v) is 16.7. The normalized spacial score (nSPS) is 18.2. The summed E-state index contributed by atoms with van der Waals surface area (Å²) in [7, 11) is 0. The number of aromatic nitrogens is 4. The largest absolute Gasteiger partial charge is 0.478 e. The Morgan fingerprint density at radius 2 is 0.603 bits per heavy atom. The number of hydrogen-bond donors (Lipinski definition) is 6. The van der Waals surface area contributed by atoms with Crippen LogP contribution in [0.3, 0.4) is 0 Å². The average molecular weight is 903 g/mol. The number of carboxylic acids is 4. The molecule has 330 valence electrons. The number of para-hydroxylation sites is 4. The Bertz CT molecular complexity index is 3290. The molecule has 0 aliphatic carbocycles. The third-order valence-corrected chi connectivity index (χ3v) is 13.0. The standard InChI is InChI=1S/C52H30N4O12/c57-49(58)45-25-9-1-5-21(41(25)65-45)37-29-13-15-31(53-29)38(22-6-2-10-26-42(22)66-46(26)50(59)60)33-17-19-35(55-33)40(24-8-4-12-28-44(24)68-48(28)52(63)64)36-20-18-34(56-36)39(32-16-14-30(37)54-32)23-7-3-11-27-43(23)67-47(27)51(61)62/h1-20,45-48,53,56H,(H,57,58)(H,59,60)(H,61,62)(H,63,64). The van der Waals surface area contributed by atoms with Gasteiger partial charge in [0.05, 0.1) is 22.8 Å². The fourth-order valence-electron chi connectivity index (χ4n) is 9.92. The molecule has 68 heavy (non-hydrogen) atoms. The van der Waals surface area contributed by atoms with Gasteiger partial charge in [-0.2, -0.15) is 0 Å². The van der Waals surface area contributed by atoms with Gasteiger partial charge in [0.15, 0.2) is 0 Å². The summed E-state index contributed by atoms with van der Waals surface area (Å²) in [6.45, 7) is 0. The molecule has 0 amide bonds. The Kier molecular flexibility index (Phi) is 8.04. The minimum Gasteiger partial charge on any atom is -0.478 e. The lowest BCUT2D eigenvalue weighted by molar-refractivity contribution is -0.148. The molecule has 3 aromatic heterocycles. The van der Waals surface area contributed by atoms with Gasteiger partial charge in [0.1, 0.15) is 23.0 Å². The Labute approximate surface area is 381 Å². The third-order valence-electron chi connectivity index (χ3n) is 13.0. The number of carbonyl (C=O) groups is 4. The van der Waals surface area contributed by atoms with Crippen molar-refractivity contribution in [1.29, 1.82) is 0 Å². The number of rotatable bonds is 8. The number of hydrogen-bond acceptors (Lipinski definition) is 10. The molecule has 0 saturated carbocycles. The number of H-pyrrole nitrogens is 2. The molecule has 16 heteroatoms. The molecule has 4 atom stereocenters. The molecule has 16 nitrogen and oxygen atoms in total. The van der Waals surface area contributed by atoms with Crippen molar-refractivity contribution in [2.45, 2.75) is 24.4 Å². The minimum atomic E-state index is -1.16. The molecule has 13 rings (SSSR count). The molecule has 6 aliphatic heterocycles. The lowest BCUT2D eigenvalue weighted by Crippen LogP contribution is -2.27. The zero-order valence-electron chi connectivity index (χ0n) is 34.8. The summed E-state index contributed by atoms with van der Waals surface area (Å²) in [5.41, 5.74) is 10.7. The highest BCUT2D eigenvalue weighted by Crippen LogP contribution is 2.53. The van der Waals surface area contributed by atoms with Crippen LogP contribution in [0.5, 0.6) is 23.0 Å². The highest BCUT2D eigenvalue weighted by Gasteiger charge is 2.41. The van der Waals surface area contributed by atoms with Gasteiger partial charge in [-0.3, -0.25) is 0 Å². The van der Waals surface area contributed by atoms with E-state index in [2.05, 4.69) is 9.97 Å². The number of benzene rings is 4. The summed E-state index contributed by atoms with van der Waals surface area (Å²) in [6, 6.07) is 28.6. The van der Waals surface area contributed by atoms with E-state index in [-0.39, 0.29) is 0 Å². The van der Waals surface area contributed by atoms with E-state index in [1.807, 2.05) is 72.8 Å². The topological polar surface area (TPSA) is 243 Å². The van der Waals surface area contributed by atoms with Gasteiger partial charge in [-0.25, -0.2) is 29.1 Å². The van der Waals surface area contributed by atoms with Gasteiger partial charge in [0, 0.05) is 88.8 Å². The van der Waals surface area contributed by atoms with Crippen molar-refractivity contribution in [1.82, 2.24) is 19.9 Å². The van der Waals surface area contributed by atoms with Gasteiger partial charge in [-0.1, -0.05) is 72.8 Å². The zero-order chi connectivity index (χ0) is 46.3. The van der Waals surface area contributed by atoms with Crippen LogP contribution in [0.4, 0.5) is 0 Å². The first-order valence-electron chi connectivity index (χ1n) is 21.3. The zero-order valence-corrected chi connectivity index (χ0v) is 34.8. The van der Waals surface area contributed by atoms with E-state index in [9.17, 15) is 39.6 Å². The summed E-state index contributed by atoms with van der Waals surface area (Å²) < 4.78 is 23.8. The van der Waals surface area contributed by atoms with Gasteiger partial charge in [-0.05, 0) is 48.6 Å². The molecule has 0 saturated heterocycles. The smallest absolute Gasteiger partial charge is 0.349 e. The van der Waals surface area contributed by atoms with E-state index in [1.54, 1.807) is 48.5 Å². The first kappa shape index (κ1) is 39.0. The molecule has 7 aromatic rings. The van der Waals surface area contributed by atoms with E-state index in [4.69, 9.17) is 28.9 Å². The van der Waals surface area contributed by atoms with E-state index in [0.717, 1.165) is 0 Å². The highest BCUT2D eigenvalue weighted by atomic mass is 16.5. The monoisotopic (exact) mass is 902 g/mol. The second kappa shape index (κ2) is 14.0. The molecule has 4 unspecified atom stereocenters. The Hall–Kier alpha value is -9.44. The predicted molar refractivity (Wildman–Crippen MR) is 245 cm³/mol. The van der Waals surface area contributed by atoms with Crippen molar-refractivity contribution in [2.24, 2.45) is 0 Å². The molecule has 0 fully saturated rings. The maximum absolute atomic E-state index is 12.2. The van der Waals surface area contributed by atoms with Gasteiger partial charge < -0.3 is 49.3 Å². The molecule has 4 aromatic carbocycles. The van der Waals surface area contributed by atoms with Crippen molar-refractivity contribution in [2.75, 3.05) is 0 Å². The van der Waals surface area contributed by atoms with E-state index >= 15 is 0 Å². The molecule has 0 spiro atoms. The summed E-state index contributed by atoms with van der Waals surface area (Å²) in [4.78, 5) is 66.4. The number of carboxylic acid groups (broad SMARTS) is 4. The fraction of sp³-hybridized carbons (Fsp3) is 0.0769. The van der Waals surface area contributed by atoms with Gasteiger partial charge in [0.2, 0.25) is 24.4 Å². The maximum atomic E-state index is 12.2. The minimum absolute atomic E-state index is 0.378. The lowest BCUT2D eigenvalue weighted by Gasteiger charge is -2.30. The van der Waals surface area contributed by atoms with Crippen LogP contribution in [0.15, 0.2) is 97.1 Å². The van der Waals surface area contributed by atoms with Crippen molar-refractivity contribution in [3.05, 3.63) is 142 Å². The fourth-order valence-corrected chi connectivity index (χ4v) is 9.92. The van der Waals surface area contributed by atoms with Crippen LogP contribution in [0.1, 0.15) is 69.4 Å². The van der Waals surface area contributed by atoms with Crippen LogP contribution in [-0.4, -0.2) is 64.2 Å². The molecule has 9 heterocycles. The second-order valence-electron chi connectivity index (χ2n) is 16.7. The van der Waals surface area contributed by atoms with E-state index in [1.165, 1.54) is 0 Å². The van der Waals surface area contributed by atoms with Crippen molar-refractivity contribution < 1.29 is 58.6 Å². The van der Waals surface area contributed by atoms with Crippen LogP contribution >= 0.6 is 0 Å². The number of nitrogens with zero attached hydrogens (tertiary/aromatic N) is 2. The van der Waals surface area contributed by atoms with Gasteiger partial charge >= 0.3 is 23.9 Å². The van der Waals surface area contributed by atoms with Crippen LogP contribution in [0, 0.1) is 0 Å². The summed E-state index contributed by atoms with van der Waals surface area (Å²) in [6.07, 6.45) is 2.71. The predicted octanol–water partition coefficient (Wildman–Crippen LogP) is 9.40. The summed E-state index contributed by atoms with van der Waals surface area (Å²) >= 11 is 0. The number of fused-ring (bicyclic) bond motifs is 12. The van der Waals surface area contributed by atoms with E-state index in [0.29, 0.717) is 135 Å². The first-order valence-corrected chi connectivity index (χ1v) is 21.3. The van der Waals surface area contributed by atoms with Crippen LogP contribution in [0.2, 0.25) is 0 Å². The summed E-state index contributed by atoms with van der Waals surface area (Å²) in [5.74, 6) is -3.00. The summed E-state index contributed by atoms with van der Waals surface area (Å²) in [5, 5.41) is 39.8. The number of aromatic amines is 2. The van der Waals surface area contributed by atoms with Crippen molar-refractivity contribution >= 4 is 70.2 Å². The van der Waals surface area contributed by atoms with Crippen LogP contribution in [0.25, 0.3) is 90.9 Å². The number of ether oxygens (including phenoxy) is 4. The molecular formula is C52H30N4O12. The Morgan fingerprint density at radius 1 is 0.368 bits per heavy atom. The van der Waals surface area contributed by atoms with E-state index < -0.39 is 48.3 Å². The first-order chi connectivity index (χ1) is 33.0. The van der Waals surface area contributed by atoms with Crippen molar-refractivity contribution in [3.63, 3.8) is 0 Å². The molecule has 0 radical (unpaired) electrons.